The van der Waals surface area contributed by atoms with Gasteiger partial charge in [0.1, 0.15) is 5.76 Å². The molecule has 0 aromatic carbocycles. The van der Waals surface area contributed by atoms with Crippen molar-refractivity contribution in [3.05, 3.63) is 12.0 Å². The van der Waals surface area contributed by atoms with Gasteiger partial charge in [-0.2, -0.15) is 0 Å². The van der Waals surface area contributed by atoms with Crippen molar-refractivity contribution in [2.75, 3.05) is 0 Å². The Morgan fingerprint density at radius 1 is 1.13 bits per heavy atom. The molecule has 2 rings (SSSR count). The van der Waals surface area contributed by atoms with Crippen molar-refractivity contribution in [3.63, 3.8) is 0 Å². The van der Waals surface area contributed by atoms with Gasteiger partial charge in [-0.15, -0.1) is 0 Å². The molecule has 1 aromatic heterocycles. The lowest BCUT2D eigenvalue weighted by Gasteiger charge is -2.32. The Bertz CT molecular complexity index is 356. The molecule has 0 aliphatic carbocycles. The van der Waals surface area contributed by atoms with Crippen molar-refractivity contribution in [1.82, 2.24) is 4.98 Å². The summed E-state index contributed by atoms with van der Waals surface area (Å²) < 4.78 is 17.0. The second kappa shape index (κ2) is 3.09. The summed E-state index contributed by atoms with van der Waals surface area (Å²) >= 11 is 0. The normalized spacial score (nSPS) is 23.4. The van der Waals surface area contributed by atoms with E-state index in [1.54, 1.807) is 6.20 Å². The third-order valence-corrected chi connectivity index (χ3v) is 3.09. The summed E-state index contributed by atoms with van der Waals surface area (Å²) in [5.41, 5.74) is -0.694. The fourth-order valence-corrected chi connectivity index (χ4v) is 1.43. The van der Waals surface area contributed by atoms with E-state index in [4.69, 9.17) is 13.7 Å². The first-order chi connectivity index (χ1) is 6.82. The summed E-state index contributed by atoms with van der Waals surface area (Å²) in [6.45, 7) is 9.86. The molecular weight excluding hydrogens is 193 g/mol. The Hall–Kier alpha value is -0.805. The Labute approximate surface area is 90.1 Å². The Balaban J connectivity index is 2.23. The van der Waals surface area contributed by atoms with E-state index >= 15 is 0 Å². The predicted molar refractivity (Wildman–Crippen MR) is 57.0 cm³/mol. The van der Waals surface area contributed by atoms with E-state index in [1.807, 2.05) is 34.6 Å². The van der Waals surface area contributed by atoms with Gasteiger partial charge in [-0.3, -0.25) is 0 Å². The highest BCUT2D eigenvalue weighted by molar-refractivity contribution is 6.59. The van der Waals surface area contributed by atoms with Crippen LogP contribution in [0.5, 0.6) is 0 Å². The minimum Gasteiger partial charge on any atom is -0.449 e. The van der Waals surface area contributed by atoms with Gasteiger partial charge in [-0.25, -0.2) is 4.98 Å². The molecule has 15 heavy (non-hydrogen) atoms. The predicted octanol–water partition coefficient (Wildman–Crippen LogP) is 1.28. The zero-order valence-electron chi connectivity index (χ0n) is 9.83. The van der Waals surface area contributed by atoms with Gasteiger partial charge in [-0.1, -0.05) is 0 Å². The van der Waals surface area contributed by atoms with E-state index in [0.717, 1.165) is 5.76 Å². The molecule has 0 amide bonds. The lowest BCUT2D eigenvalue weighted by molar-refractivity contribution is 0.00578. The van der Waals surface area contributed by atoms with Crippen LogP contribution in [0.25, 0.3) is 0 Å². The molecule has 1 aliphatic rings. The molecule has 0 saturated carbocycles. The van der Waals surface area contributed by atoms with Gasteiger partial charge in [0.25, 0.3) is 0 Å². The van der Waals surface area contributed by atoms with Crippen LogP contribution in [0.3, 0.4) is 0 Å². The van der Waals surface area contributed by atoms with E-state index < -0.39 is 7.12 Å². The highest BCUT2D eigenvalue weighted by atomic mass is 16.7. The second-order valence-corrected chi connectivity index (χ2v) is 4.90. The van der Waals surface area contributed by atoms with Crippen LogP contribution in [0.4, 0.5) is 0 Å². The minimum atomic E-state index is -0.497. The van der Waals surface area contributed by atoms with Crippen LogP contribution in [0, 0.1) is 6.92 Å². The molecule has 0 spiro atoms. The number of nitrogens with zero attached hydrogens (tertiary/aromatic N) is 1. The van der Waals surface area contributed by atoms with Gasteiger partial charge in [0, 0.05) is 0 Å². The van der Waals surface area contributed by atoms with Crippen LogP contribution < -0.4 is 5.79 Å². The van der Waals surface area contributed by atoms with Crippen molar-refractivity contribution in [2.45, 2.75) is 45.8 Å². The zero-order chi connectivity index (χ0) is 11.3. The summed E-state index contributed by atoms with van der Waals surface area (Å²) in [5, 5.41) is 0. The van der Waals surface area contributed by atoms with E-state index in [2.05, 4.69) is 4.98 Å². The van der Waals surface area contributed by atoms with Crippen molar-refractivity contribution in [1.29, 1.82) is 0 Å². The molecule has 0 N–H and O–H groups in total. The maximum atomic E-state index is 5.78. The molecule has 5 heteroatoms. The molecule has 0 atom stereocenters. The smallest absolute Gasteiger partial charge is 0.449 e. The van der Waals surface area contributed by atoms with Crippen LogP contribution >= 0.6 is 0 Å². The first-order valence-corrected chi connectivity index (χ1v) is 5.10. The second-order valence-electron chi connectivity index (χ2n) is 4.90. The molecule has 0 unspecified atom stereocenters. The largest absolute Gasteiger partial charge is 0.554 e. The number of oxazole rings is 1. The molecule has 1 aliphatic heterocycles. The van der Waals surface area contributed by atoms with Gasteiger partial charge in [-0.05, 0) is 34.6 Å². The molecule has 0 bridgehead atoms. The molecule has 0 radical (unpaired) electrons. The molecule has 1 saturated heterocycles. The quantitative estimate of drug-likeness (QED) is 0.653. The Kier molecular flexibility index (Phi) is 2.21. The summed E-state index contributed by atoms with van der Waals surface area (Å²) in [4.78, 5) is 4.11. The van der Waals surface area contributed by atoms with Gasteiger partial charge < -0.3 is 13.7 Å². The standard InChI is InChI=1S/C10H16BNO3/c1-7-6-12-8(13-7)11-14-9(2,3)10(4,5)15-11/h6H,1-5H3. The SMILES string of the molecule is Cc1cnc(B2OC(C)(C)C(C)(C)O2)o1. The van der Waals surface area contributed by atoms with Gasteiger partial charge >= 0.3 is 7.12 Å². The van der Waals surface area contributed by atoms with Gasteiger partial charge in [0.15, 0.2) is 0 Å². The van der Waals surface area contributed by atoms with Crippen LogP contribution in [-0.2, 0) is 9.31 Å². The molecule has 1 aromatic rings. The summed E-state index contributed by atoms with van der Waals surface area (Å²) in [7, 11) is -0.497. The lowest BCUT2D eigenvalue weighted by Crippen LogP contribution is -2.41. The van der Waals surface area contributed by atoms with Crippen molar-refractivity contribution >= 4 is 12.9 Å². The topological polar surface area (TPSA) is 44.5 Å². The number of aryl methyl sites for hydroxylation is 1. The average molecular weight is 209 g/mol. The number of rotatable bonds is 1. The van der Waals surface area contributed by atoms with E-state index in [-0.39, 0.29) is 11.2 Å². The first kappa shape index (κ1) is 10.7. The van der Waals surface area contributed by atoms with E-state index in [1.165, 1.54) is 0 Å². The highest BCUT2D eigenvalue weighted by Gasteiger charge is 2.53. The fourth-order valence-electron chi connectivity index (χ4n) is 1.43. The fraction of sp³-hybridized carbons (Fsp3) is 0.700. The maximum absolute atomic E-state index is 5.78. The third kappa shape index (κ3) is 1.70. The zero-order valence-corrected chi connectivity index (χ0v) is 9.83. The number of hydrogen-bond donors (Lipinski definition) is 0. The Morgan fingerprint density at radius 2 is 1.67 bits per heavy atom. The van der Waals surface area contributed by atoms with E-state index in [9.17, 15) is 0 Å². The van der Waals surface area contributed by atoms with Gasteiger partial charge in [0.2, 0.25) is 5.79 Å². The van der Waals surface area contributed by atoms with Crippen LogP contribution in [0.1, 0.15) is 33.5 Å². The number of aromatic nitrogens is 1. The van der Waals surface area contributed by atoms with E-state index in [0.29, 0.717) is 5.79 Å². The molecule has 1 fully saturated rings. The molecule has 82 valence electrons. The monoisotopic (exact) mass is 209 g/mol. The molecule has 4 nitrogen and oxygen atoms in total. The Morgan fingerprint density at radius 3 is 2.07 bits per heavy atom. The summed E-state index contributed by atoms with van der Waals surface area (Å²) in [6.07, 6.45) is 1.67. The third-order valence-electron chi connectivity index (χ3n) is 3.09. The molecule has 2 heterocycles. The summed E-state index contributed by atoms with van der Waals surface area (Å²) in [5.74, 6) is 1.26. The van der Waals surface area contributed by atoms with Crippen LogP contribution in [0.15, 0.2) is 10.6 Å². The first-order valence-electron chi connectivity index (χ1n) is 5.10. The maximum Gasteiger partial charge on any atom is 0.554 e. The molecular formula is C10H16BNO3. The van der Waals surface area contributed by atoms with Crippen LogP contribution in [0.2, 0.25) is 0 Å². The minimum absolute atomic E-state index is 0.347. The average Bonchev–Trinajstić information content (AvgIpc) is 2.56. The van der Waals surface area contributed by atoms with Crippen molar-refractivity contribution < 1.29 is 13.7 Å². The summed E-state index contributed by atoms with van der Waals surface area (Å²) in [6, 6.07) is 0. The highest BCUT2D eigenvalue weighted by Crippen LogP contribution is 2.36. The van der Waals surface area contributed by atoms with Crippen molar-refractivity contribution in [2.24, 2.45) is 0 Å². The van der Waals surface area contributed by atoms with Crippen molar-refractivity contribution in [3.8, 4) is 0 Å². The van der Waals surface area contributed by atoms with Gasteiger partial charge in [0.05, 0.1) is 17.4 Å². The lowest BCUT2D eigenvalue weighted by atomic mass is 9.90. The number of hydrogen-bond acceptors (Lipinski definition) is 4. The van der Waals surface area contributed by atoms with Crippen LogP contribution in [-0.4, -0.2) is 23.3 Å².